The van der Waals surface area contributed by atoms with Crippen LogP contribution in [0.1, 0.15) is 12.8 Å². The lowest BCUT2D eigenvalue weighted by molar-refractivity contribution is -0.117. The molecule has 7 heteroatoms. The minimum absolute atomic E-state index is 0.0159. The number of pyridine rings is 1. The second-order valence-electron chi connectivity index (χ2n) is 5.45. The Bertz CT molecular complexity index is 626. The average Bonchev–Trinajstić information content (AvgIpc) is 3.18. The molecule has 1 amide bonds. The van der Waals surface area contributed by atoms with Gasteiger partial charge >= 0.3 is 0 Å². The first-order chi connectivity index (χ1) is 10.6. The number of hydrogen-bond donors (Lipinski definition) is 1. The monoisotopic (exact) mass is 317 g/mol. The third kappa shape index (κ3) is 3.04. The predicted octanol–water partition coefficient (Wildman–Crippen LogP) is 2.21. The first-order valence-electron chi connectivity index (χ1n) is 7.25. The number of nitrogens with zero attached hydrogens (tertiary/aromatic N) is 4. The minimum Gasteiger partial charge on any atom is -0.376 e. The van der Waals surface area contributed by atoms with E-state index >= 15 is 0 Å². The maximum atomic E-state index is 12.5. The molecule has 22 heavy (non-hydrogen) atoms. The molecule has 1 N–H and O–H groups in total. The van der Waals surface area contributed by atoms with Gasteiger partial charge in [0.1, 0.15) is 11.9 Å². The zero-order chi connectivity index (χ0) is 15.5. The Hall–Kier alpha value is -2.15. The molecule has 3 rings (SSSR count). The van der Waals surface area contributed by atoms with Gasteiger partial charge in [-0.2, -0.15) is 0 Å². The summed E-state index contributed by atoms with van der Waals surface area (Å²) in [5.41, 5.74) is 1.00. The molecule has 1 aliphatic heterocycles. The van der Waals surface area contributed by atoms with E-state index in [0.717, 1.165) is 30.2 Å². The molecule has 2 aromatic rings. The van der Waals surface area contributed by atoms with Crippen molar-refractivity contribution in [3.05, 3.63) is 29.9 Å². The Kier molecular flexibility index (Phi) is 4.24. The minimum atomic E-state index is -0.165. The van der Waals surface area contributed by atoms with Crippen molar-refractivity contribution in [2.75, 3.05) is 35.8 Å². The van der Waals surface area contributed by atoms with Gasteiger partial charge in [0.15, 0.2) is 5.13 Å². The van der Waals surface area contributed by atoms with Crippen LogP contribution in [0.3, 0.4) is 0 Å². The summed E-state index contributed by atoms with van der Waals surface area (Å²) in [6.45, 7) is 0.874. The van der Waals surface area contributed by atoms with Gasteiger partial charge in [0.05, 0.1) is 11.9 Å². The van der Waals surface area contributed by atoms with E-state index in [4.69, 9.17) is 0 Å². The second-order valence-corrected chi connectivity index (χ2v) is 6.32. The van der Waals surface area contributed by atoms with Crippen molar-refractivity contribution < 1.29 is 4.79 Å². The van der Waals surface area contributed by atoms with Crippen molar-refractivity contribution in [3.63, 3.8) is 0 Å². The van der Waals surface area contributed by atoms with Crippen molar-refractivity contribution in [3.8, 4) is 0 Å². The molecule has 0 aliphatic carbocycles. The lowest BCUT2D eigenvalue weighted by atomic mass is 10.2. The Morgan fingerprint density at radius 3 is 2.91 bits per heavy atom. The van der Waals surface area contributed by atoms with Crippen molar-refractivity contribution >= 4 is 33.9 Å². The van der Waals surface area contributed by atoms with Gasteiger partial charge in [-0.3, -0.25) is 4.79 Å². The van der Waals surface area contributed by atoms with E-state index < -0.39 is 0 Å². The molecule has 0 spiro atoms. The van der Waals surface area contributed by atoms with E-state index in [0.29, 0.717) is 5.82 Å². The molecule has 0 aromatic carbocycles. The number of carbonyl (C=O) groups is 1. The van der Waals surface area contributed by atoms with Crippen molar-refractivity contribution in [1.29, 1.82) is 0 Å². The van der Waals surface area contributed by atoms with Crippen LogP contribution in [0.2, 0.25) is 0 Å². The zero-order valence-electron chi connectivity index (χ0n) is 12.7. The summed E-state index contributed by atoms with van der Waals surface area (Å²) in [6, 6.07) is 3.60. The highest BCUT2D eigenvalue weighted by Crippen LogP contribution is 2.27. The number of thiazole rings is 1. The molecule has 0 saturated carbocycles. The van der Waals surface area contributed by atoms with E-state index in [1.54, 1.807) is 23.7 Å². The molecule has 2 aromatic heterocycles. The molecule has 0 unspecified atom stereocenters. The Morgan fingerprint density at radius 2 is 2.27 bits per heavy atom. The van der Waals surface area contributed by atoms with Gasteiger partial charge in [0, 0.05) is 32.2 Å². The van der Waals surface area contributed by atoms with Gasteiger partial charge in [0.2, 0.25) is 5.91 Å². The van der Waals surface area contributed by atoms with Crippen LogP contribution in [0.25, 0.3) is 0 Å². The van der Waals surface area contributed by atoms with Crippen LogP contribution in [0.5, 0.6) is 0 Å². The van der Waals surface area contributed by atoms with E-state index in [1.165, 1.54) is 0 Å². The van der Waals surface area contributed by atoms with Gasteiger partial charge < -0.3 is 15.1 Å². The summed E-state index contributed by atoms with van der Waals surface area (Å²) < 4.78 is 0. The smallest absolute Gasteiger partial charge is 0.248 e. The molecular formula is C15H19N5OS. The average molecular weight is 317 g/mol. The van der Waals surface area contributed by atoms with Crippen LogP contribution in [0, 0.1) is 0 Å². The van der Waals surface area contributed by atoms with E-state index in [9.17, 15) is 4.79 Å². The van der Waals surface area contributed by atoms with Gasteiger partial charge in [0.25, 0.3) is 0 Å². The van der Waals surface area contributed by atoms with Crippen LogP contribution < -0.4 is 15.1 Å². The topological polar surface area (TPSA) is 61.4 Å². The maximum absolute atomic E-state index is 12.5. The number of rotatable bonds is 4. The Morgan fingerprint density at radius 1 is 1.41 bits per heavy atom. The third-order valence-electron chi connectivity index (χ3n) is 3.74. The molecule has 1 fully saturated rings. The number of carbonyl (C=O) groups excluding carboxylic acids is 1. The fraction of sp³-hybridized carbons (Fsp3) is 0.400. The standard InChI is InChI=1S/C15H19N5OS/c1-19(2)11-5-6-13(17-10-11)18-14(21)12-4-3-8-20(12)15-16-7-9-22-15/h5-7,9-10,12H,3-4,8H2,1-2H3,(H,17,18,21)/t12-/m1/s1. The maximum Gasteiger partial charge on any atom is 0.248 e. The molecule has 0 bridgehead atoms. The quantitative estimate of drug-likeness (QED) is 0.937. The molecule has 0 radical (unpaired) electrons. The van der Waals surface area contributed by atoms with Gasteiger partial charge in [-0.1, -0.05) is 0 Å². The van der Waals surface area contributed by atoms with Crippen molar-refractivity contribution in [1.82, 2.24) is 9.97 Å². The van der Waals surface area contributed by atoms with Crippen LogP contribution in [-0.4, -0.2) is 42.6 Å². The molecular weight excluding hydrogens is 298 g/mol. The summed E-state index contributed by atoms with van der Waals surface area (Å²) in [5, 5.41) is 5.75. The van der Waals surface area contributed by atoms with Crippen LogP contribution >= 0.6 is 11.3 Å². The second kappa shape index (κ2) is 6.31. The lowest BCUT2D eigenvalue weighted by Gasteiger charge is -2.23. The summed E-state index contributed by atoms with van der Waals surface area (Å²) in [6.07, 6.45) is 5.38. The number of amides is 1. The van der Waals surface area contributed by atoms with Crippen LogP contribution in [0.4, 0.5) is 16.6 Å². The summed E-state index contributed by atoms with van der Waals surface area (Å²) >= 11 is 1.57. The zero-order valence-corrected chi connectivity index (χ0v) is 13.5. The number of anilines is 3. The number of aromatic nitrogens is 2. The Labute approximate surface area is 133 Å². The summed E-state index contributed by atoms with van der Waals surface area (Å²) in [4.78, 5) is 25.2. The highest BCUT2D eigenvalue weighted by Gasteiger charge is 2.32. The first kappa shape index (κ1) is 14.8. The summed E-state index contributed by atoms with van der Waals surface area (Å²) in [5.74, 6) is 0.569. The number of hydrogen-bond acceptors (Lipinski definition) is 6. The normalized spacial score (nSPS) is 17.5. The fourth-order valence-corrected chi connectivity index (χ4v) is 3.28. The molecule has 6 nitrogen and oxygen atoms in total. The van der Waals surface area contributed by atoms with Gasteiger partial charge in [-0.15, -0.1) is 11.3 Å². The number of nitrogens with one attached hydrogen (secondary N) is 1. The molecule has 1 saturated heterocycles. The molecule has 3 heterocycles. The lowest BCUT2D eigenvalue weighted by Crippen LogP contribution is -2.39. The molecule has 1 aliphatic rings. The van der Waals surface area contributed by atoms with Crippen molar-refractivity contribution in [2.24, 2.45) is 0 Å². The van der Waals surface area contributed by atoms with E-state index in [-0.39, 0.29) is 11.9 Å². The SMILES string of the molecule is CN(C)c1ccc(NC(=O)[C@H]2CCCN2c2nccs2)nc1. The van der Waals surface area contributed by atoms with Crippen LogP contribution in [-0.2, 0) is 4.79 Å². The van der Waals surface area contributed by atoms with E-state index in [2.05, 4.69) is 20.2 Å². The highest BCUT2D eigenvalue weighted by atomic mass is 32.1. The Balaban J connectivity index is 1.68. The first-order valence-corrected chi connectivity index (χ1v) is 8.13. The molecule has 116 valence electrons. The predicted molar refractivity (Wildman–Crippen MR) is 89.7 cm³/mol. The fourth-order valence-electron chi connectivity index (χ4n) is 2.56. The van der Waals surface area contributed by atoms with Gasteiger partial charge in [-0.25, -0.2) is 9.97 Å². The highest BCUT2D eigenvalue weighted by molar-refractivity contribution is 7.13. The summed E-state index contributed by atoms with van der Waals surface area (Å²) in [7, 11) is 3.92. The van der Waals surface area contributed by atoms with Crippen molar-refractivity contribution in [2.45, 2.75) is 18.9 Å². The van der Waals surface area contributed by atoms with E-state index in [1.807, 2.05) is 36.5 Å². The third-order valence-corrected chi connectivity index (χ3v) is 4.54. The molecule has 1 atom stereocenters. The van der Waals surface area contributed by atoms with Gasteiger partial charge in [-0.05, 0) is 25.0 Å². The largest absolute Gasteiger partial charge is 0.376 e. The van der Waals surface area contributed by atoms with Crippen LogP contribution in [0.15, 0.2) is 29.9 Å².